The number of carbonyl (C=O) groups excluding carboxylic acids is 1. The molecular formula is C24H38F2N2O2. The first-order valence-corrected chi connectivity index (χ1v) is 9.85. The second-order valence-corrected chi connectivity index (χ2v) is 5.55. The molecule has 0 bridgehead atoms. The number of hydrogen-bond donors (Lipinski definition) is 2. The predicted molar refractivity (Wildman–Crippen MR) is 125 cm³/mol. The zero-order valence-electron chi connectivity index (χ0n) is 19.2. The molecule has 0 fully saturated rings. The van der Waals surface area contributed by atoms with Crippen LogP contribution >= 0.6 is 0 Å². The monoisotopic (exact) mass is 424 g/mol. The van der Waals surface area contributed by atoms with E-state index in [0.717, 1.165) is 5.56 Å². The van der Waals surface area contributed by atoms with Crippen LogP contribution < -0.4 is 10.6 Å². The van der Waals surface area contributed by atoms with Gasteiger partial charge in [0.25, 0.3) is 0 Å². The Morgan fingerprint density at radius 3 is 2.17 bits per heavy atom. The Morgan fingerprint density at radius 2 is 1.73 bits per heavy atom. The van der Waals surface area contributed by atoms with Crippen LogP contribution in [-0.4, -0.2) is 25.8 Å². The number of amides is 1. The van der Waals surface area contributed by atoms with Gasteiger partial charge >= 0.3 is 6.09 Å². The third-order valence-corrected chi connectivity index (χ3v) is 2.92. The molecule has 1 unspecified atom stereocenters. The number of rotatable bonds is 7. The first kappa shape index (κ1) is 31.9. The topological polar surface area (TPSA) is 50.4 Å². The summed E-state index contributed by atoms with van der Waals surface area (Å²) >= 11 is 0. The predicted octanol–water partition coefficient (Wildman–Crippen LogP) is 6.62. The van der Waals surface area contributed by atoms with Gasteiger partial charge in [-0.1, -0.05) is 45.0 Å². The van der Waals surface area contributed by atoms with Gasteiger partial charge < -0.3 is 10.1 Å². The Balaban J connectivity index is -0.000000500. The highest BCUT2D eigenvalue weighted by Crippen LogP contribution is 2.02. The van der Waals surface area contributed by atoms with Gasteiger partial charge in [-0.2, -0.15) is 0 Å². The maximum atomic E-state index is 13.0. The number of allylic oxidation sites excluding steroid dienone is 4. The quantitative estimate of drug-likeness (QED) is 0.382. The molecule has 6 heteroatoms. The summed E-state index contributed by atoms with van der Waals surface area (Å²) in [5.74, 6) is -0.534. The average Bonchev–Trinajstić information content (AvgIpc) is 2.72. The van der Waals surface area contributed by atoms with Crippen LogP contribution in [0.1, 0.15) is 39.7 Å². The summed E-state index contributed by atoms with van der Waals surface area (Å²) in [4.78, 5) is 11.3. The van der Waals surface area contributed by atoms with Crippen molar-refractivity contribution in [3.05, 3.63) is 85.1 Å². The molecule has 0 aliphatic rings. The van der Waals surface area contributed by atoms with Crippen molar-refractivity contribution >= 4 is 6.09 Å². The van der Waals surface area contributed by atoms with Crippen LogP contribution in [0.5, 0.6) is 0 Å². The maximum absolute atomic E-state index is 13.0. The molecule has 1 rings (SSSR count). The number of hydrogen-bond acceptors (Lipinski definition) is 3. The number of benzene rings is 1. The Bertz CT molecular complexity index is 606. The Morgan fingerprint density at radius 1 is 1.20 bits per heavy atom. The number of carbonyl (C=O) groups is 1. The van der Waals surface area contributed by atoms with Crippen LogP contribution in [0.2, 0.25) is 0 Å². The number of alkyl carbamates (subject to hydrolysis) is 1. The largest absolute Gasteiger partial charge is 0.445 e. The van der Waals surface area contributed by atoms with Crippen LogP contribution in [0.15, 0.2) is 73.8 Å². The number of nitrogens with one attached hydrogen (secondary N) is 2. The fourth-order valence-corrected chi connectivity index (χ4v) is 1.69. The third kappa shape index (κ3) is 21.6. The molecule has 0 spiro atoms. The van der Waals surface area contributed by atoms with Crippen LogP contribution in [0.4, 0.5) is 13.6 Å². The number of aryl methyl sites for hydroxylation is 1. The molecule has 0 aliphatic heterocycles. The summed E-state index contributed by atoms with van der Waals surface area (Å²) in [6, 6.07) is 6.40. The molecule has 1 atom stereocenters. The van der Waals surface area contributed by atoms with E-state index in [1.165, 1.54) is 30.4 Å². The van der Waals surface area contributed by atoms with E-state index < -0.39 is 6.09 Å². The van der Waals surface area contributed by atoms with Crippen molar-refractivity contribution in [3.8, 4) is 0 Å². The van der Waals surface area contributed by atoms with Gasteiger partial charge in [0.2, 0.25) is 0 Å². The Labute approximate surface area is 181 Å². The van der Waals surface area contributed by atoms with E-state index in [-0.39, 0.29) is 23.4 Å². The highest BCUT2D eigenvalue weighted by atomic mass is 19.1. The molecular weight excluding hydrogens is 386 g/mol. The van der Waals surface area contributed by atoms with E-state index in [4.69, 9.17) is 4.74 Å². The molecule has 170 valence electrons. The Hall–Kier alpha value is -2.73. The molecule has 0 radical (unpaired) electrons. The van der Waals surface area contributed by atoms with E-state index in [1.807, 2.05) is 27.7 Å². The number of likely N-dealkylation sites (N-methyl/N-ethyl adjacent to an activating group) is 1. The van der Waals surface area contributed by atoms with Crippen molar-refractivity contribution in [1.82, 2.24) is 10.6 Å². The lowest BCUT2D eigenvalue weighted by atomic mass is 10.2. The van der Waals surface area contributed by atoms with Crippen molar-refractivity contribution in [2.45, 2.75) is 47.1 Å². The zero-order valence-corrected chi connectivity index (χ0v) is 19.2. The molecule has 0 aromatic heterocycles. The molecule has 0 saturated heterocycles. The van der Waals surface area contributed by atoms with Crippen molar-refractivity contribution in [2.75, 3.05) is 13.6 Å². The van der Waals surface area contributed by atoms with Gasteiger partial charge in [-0.25, -0.2) is 13.6 Å². The SMILES string of the molecule is C=C.C=C(/C=C\C(F)=C/CC)NC(=O)OC(C)CNC.CC.Cc1ccc(F)cc1. The van der Waals surface area contributed by atoms with Crippen LogP contribution in [0.3, 0.4) is 0 Å². The fraction of sp³-hybridized carbons (Fsp3) is 0.375. The van der Waals surface area contributed by atoms with E-state index in [9.17, 15) is 13.6 Å². The van der Waals surface area contributed by atoms with Crippen LogP contribution in [0.25, 0.3) is 0 Å². The summed E-state index contributed by atoms with van der Waals surface area (Å²) in [5.41, 5.74) is 1.36. The Kier molecular flexibility index (Phi) is 24.0. The van der Waals surface area contributed by atoms with Crippen molar-refractivity contribution < 1.29 is 18.3 Å². The lowest BCUT2D eigenvalue weighted by molar-refractivity contribution is 0.110. The summed E-state index contributed by atoms with van der Waals surface area (Å²) < 4.78 is 30.1. The summed E-state index contributed by atoms with van der Waals surface area (Å²) in [7, 11) is 1.77. The van der Waals surface area contributed by atoms with E-state index in [1.54, 1.807) is 26.1 Å². The molecule has 0 saturated carbocycles. The lowest BCUT2D eigenvalue weighted by Gasteiger charge is -2.13. The van der Waals surface area contributed by atoms with Gasteiger partial charge in [0.1, 0.15) is 17.7 Å². The van der Waals surface area contributed by atoms with E-state index in [2.05, 4.69) is 30.4 Å². The molecule has 30 heavy (non-hydrogen) atoms. The first-order valence-electron chi connectivity index (χ1n) is 9.85. The van der Waals surface area contributed by atoms with Gasteiger partial charge in [-0.05, 0) is 57.7 Å². The first-order chi connectivity index (χ1) is 14.3. The number of ether oxygens (including phenoxy) is 1. The lowest BCUT2D eigenvalue weighted by Crippen LogP contribution is -2.31. The van der Waals surface area contributed by atoms with Gasteiger partial charge in [0, 0.05) is 12.2 Å². The van der Waals surface area contributed by atoms with Gasteiger partial charge in [-0.3, -0.25) is 5.32 Å². The minimum Gasteiger partial charge on any atom is -0.445 e. The maximum Gasteiger partial charge on any atom is 0.411 e. The van der Waals surface area contributed by atoms with Crippen LogP contribution in [-0.2, 0) is 4.74 Å². The highest BCUT2D eigenvalue weighted by Gasteiger charge is 2.07. The third-order valence-electron chi connectivity index (χ3n) is 2.92. The van der Waals surface area contributed by atoms with E-state index >= 15 is 0 Å². The molecule has 0 heterocycles. The van der Waals surface area contributed by atoms with E-state index in [0.29, 0.717) is 13.0 Å². The summed E-state index contributed by atoms with van der Waals surface area (Å²) in [6.45, 7) is 19.7. The molecule has 1 aromatic carbocycles. The zero-order chi connectivity index (χ0) is 23.9. The summed E-state index contributed by atoms with van der Waals surface area (Å²) in [5, 5.41) is 5.28. The van der Waals surface area contributed by atoms with Crippen molar-refractivity contribution in [2.24, 2.45) is 0 Å². The summed E-state index contributed by atoms with van der Waals surface area (Å²) in [6.07, 6.45) is 3.81. The minimum absolute atomic E-state index is 0.171. The fourth-order valence-electron chi connectivity index (χ4n) is 1.69. The normalized spacial score (nSPS) is 10.9. The average molecular weight is 425 g/mol. The second kappa shape index (κ2) is 22.6. The van der Waals surface area contributed by atoms with Gasteiger partial charge in [0.05, 0.1) is 0 Å². The molecule has 1 amide bonds. The number of halogens is 2. The smallest absolute Gasteiger partial charge is 0.411 e. The second-order valence-electron chi connectivity index (χ2n) is 5.55. The van der Waals surface area contributed by atoms with Gasteiger partial charge in [0.15, 0.2) is 0 Å². The molecule has 4 nitrogen and oxygen atoms in total. The standard InChI is InChI=1S/C13H21FN2O2.C7H7F.C2H6.C2H4/c1-5-6-12(14)8-7-10(2)16-13(17)18-11(3)9-15-4;1-6-2-4-7(8)5-3-6;2*1-2/h6-8,11,15H,2,5,9H2,1,3-4H3,(H,16,17);2-5H,1H3;1-2H3;1-2H2/b8-7-,12-6+;;;. The molecule has 2 N–H and O–H groups in total. The van der Waals surface area contributed by atoms with Gasteiger partial charge in [-0.15, -0.1) is 13.2 Å². The van der Waals surface area contributed by atoms with Crippen LogP contribution in [0, 0.1) is 12.7 Å². The molecule has 1 aromatic rings. The van der Waals surface area contributed by atoms with Crippen molar-refractivity contribution in [1.29, 1.82) is 0 Å². The molecule has 0 aliphatic carbocycles. The van der Waals surface area contributed by atoms with Crippen molar-refractivity contribution in [3.63, 3.8) is 0 Å². The minimum atomic E-state index is -0.604. The highest BCUT2D eigenvalue weighted by molar-refractivity contribution is 5.70.